The quantitative estimate of drug-likeness (QED) is 0.473. The molecule has 0 aromatic carbocycles. The summed E-state index contributed by atoms with van der Waals surface area (Å²) >= 11 is 1.07. The Morgan fingerprint density at radius 3 is 2.61 bits per heavy atom. The molecule has 0 fully saturated rings. The van der Waals surface area contributed by atoms with Gasteiger partial charge in [-0.3, -0.25) is 10.1 Å². The molecule has 0 spiro atoms. The van der Waals surface area contributed by atoms with Crippen molar-refractivity contribution in [3.8, 4) is 0 Å². The highest BCUT2D eigenvalue weighted by atomic mass is 32.1. The molecular formula is C10H13F3N2O2S. The molecule has 102 valence electrons. The zero-order valence-corrected chi connectivity index (χ0v) is 10.3. The lowest BCUT2D eigenvalue weighted by atomic mass is 10.2. The van der Waals surface area contributed by atoms with Crippen LogP contribution in [0.15, 0.2) is 12.1 Å². The molecule has 0 saturated carbocycles. The summed E-state index contributed by atoms with van der Waals surface area (Å²) < 4.78 is 35.5. The second kappa shape index (κ2) is 6.69. The molecule has 8 heteroatoms. The summed E-state index contributed by atoms with van der Waals surface area (Å²) in [6.45, 7) is 0.923. The van der Waals surface area contributed by atoms with Crippen LogP contribution >= 0.6 is 11.3 Å². The number of nitrogens with one attached hydrogen (secondary N) is 1. The molecule has 0 aliphatic rings. The summed E-state index contributed by atoms with van der Waals surface area (Å²) in [4.78, 5) is 10.8. The number of halogens is 3. The maximum atomic E-state index is 11.8. The van der Waals surface area contributed by atoms with Crippen molar-refractivity contribution in [3.63, 3.8) is 0 Å². The third-order valence-electron chi connectivity index (χ3n) is 2.19. The third kappa shape index (κ3) is 5.97. The van der Waals surface area contributed by atoms with Crippen LogP contribution in [0.4, 0.5) is 18.2 Å². The summed E-state index contributed by atoms with van der Waals surface area (Å²) in [5.74, 6) is 0. The second-order valence-electron chi connectivity index (χ2n) is 3.75. The Balaban J connectivity index is 2.12. The summed E-state index contributed by atoms with van der Waals surface area (Å²) in [6.07, 6.45) is -4.32. The molecule has 1 heterocycles. The average Bonchev–Trinajstić information content (AvgIpc) is 2.70. The minimum Gasteiger partial charge on any atom is -0.312 e. The van der Waals surface area contributed by atoms with Crippen molar-refractivity contribution < 1.29 is 18.1 Å². The van der Waals surface area contributed by atoms with Crippen LogP contribution in [-0.2, 0) is 6.54 Å². The van der Waals surface area contributed by atoms with Crippen LogP contribution in [0.1, 0.15) is 24.1 Å². The fraction of sp³-hybridized carbons (Fsp3) is 0.600. The molecule has 0 saturated heterocycles. The molecular weight excluding hydrogens is 269 g/mol. The molecule has 1 aromatic rings. The molecule has 0 atom stereocenters. The van der Waals surface area contributed by atoms with E-state index >= 15 is 0 Å². The molecule has 0 bridgehead atoms. The number of thiophene rings is 1. The Morgan fingerprint density at radius 1 is 1.33 bits per heavy atom. The zero-order valence-electron chi connectivity index (χ0n) is 9.50. The van der Waals surface area contributed by atoms with Crippen LogP contribution < -0.4 is 5.32 Å². The van der Waals surface area contributed by atoms with Crippen LogP contribution in [0.2, 0.25) is 0 Å². The first kappa shape index (κ1) is 14.9. The number of alkyl halides is 3. The molecule has 1 N–H and O–H groups in total. The van der Waals surface area contributed by atoms with Gasteiger partial charge in [-0.05, 0) is 25.5 Å². The maximum absolute atomic E-state index is 11.8. The normalized spacial score (nSPS) is 11.7. The van der Waals surface area contributed by atoms with Crippen molar-refractivity contribution in [1.29, 1.82) is 0 Å². The number of nitrogens with zero attached hydrogens (tertiary/aromatic N) is 1. The van der Waals surface area contributed by atoms with Crippen LogP contribution in [-0.4, -0.2) is 17.6 Å². The summed E-state index contributed by atoms with van der Waals surface area (Å²) in [5.41, 5.74) is 0. The minimum absolute atomic E-state index is 0.0730. The molecule has 0 aliphatic carbocycles. The van der Waals surface area contributed by atoms with Gasteiger partial charge in [-0.25, -0.2) is 0 Å². The van der Waals surface area contributed by atoms with E-state index in [0.29, 0.717) is 19.5 Å². The van der Waals surface area contributed by atoms with Crippen LogP contribution in [0.5, 0.6) is 0 Å². The number of nitro groups is 1. The zero-order chi connectivity index (χ0) is 13.6. The number of rotatable bonds is 7. The largest absolute Gasteiger partial charge is 0.389 e. The molecule has 18 heavy (non-hydrogen) atoms. The average molecular weight is 282 g/mol. The van der Waals surface area contributed by atoms with E-state index in [1.165, 1.54) is 6.07 Å². The van der Waals surface area contributed by atoms with E-state index in [1.54, 1.807) is 6.07 Å². The van der Waals surface area contributed by atoms with Crippen LogP contribution in [0.3, 0.4) is 0 Å². The molecule has 0 radical (unpaired) electrons. The van der Waals surface area contributed by atoms with Crippen molar-refractivity contribution in [2.45, 2.75) is 32.0 Å². The predicted molar refractivity (Wildman–Crippen MR) is 62.6 cm³/mol. The Morgan fingerprint density at radius 2 is 2.06 bits per heavy atom. The molecule has 0 unspecified atom stereocenters. The summed E-state index contributed by atoms with van der Waals surface area (Å²) in [6, 6.07) is 3.07. The van der Waals surface area contributed by atoms with E-state index in [2.05, 4.69) is 5.32 Å². The lowest BCUT2D eigenvalue weighted by Gasteiger charge is -2.06. The number of hydrogen-bond donors (Lipinski definition) is 1. The standard InChI is InChI=1S/C10H13F3N2O2S/c11-10(12,13)5-1-2-6-14-7-8-3-4-9(18-8)15(16)17/h3-4,14H,1-2,5-7H2. The number of hydrogen-bond acceptors (Lipinski definition) is 4. The predicted octanol–water partition coefficient (Wildman–Crippen LogP) is 3.48. The van der Waals surface area contributed by atoms with Gasteiger partial charge in [-0.1, -0.05) is 11.3 Å². The fourth-order valence-corrected chi connectivity index (χ4v) is 2.14. The summed E-state index contributed by atoms with van der Waals surface area (Å²) in [5, 5.41) is 13.4. The van der Waals surface area contributed by atoms with Crippen molar-refractivity contribution in [1.82, 2.24) is 5.32 Å². The van der Waals surface area contributed by atoms with E-state index in [4.69, 9.17) is 0 Å². The van der Waals surface area contributed by atoms with Gasteiger partial charge < -0.3 is 5.32 Å². The first-order valence-electron chi connectivity index (χ1n) is 5.39. The van der Waals surface area contributed by atoms with Gasteiger partial charge in [-0.2, -0.15) is 13.2 Å². The van der Waals surface area contributed by atoms with Gasteiger partial charge in [0, 0.05) is 23.9 Å². The highest BCUT2D eigenvalue weighted by molar-refractivity contribution is 7.15. The molecule has 0 amide bonds. The molecule has 1 aromatic heterocycles. The first-order valence-corrected chi connectivity index (χ1v) is 6.21. The van der Waals surface area contributed by atoms with Gasteiger partial charge in [0.1, 0.15) is 0 Å². The lowest BCUT2D eigenvalue weighted by molar-refractivity contribution is -0.380. The van der Waals surface area contributed by atoms with E-state index < -0.39 is 17.5 Å². The fourth-order valence-electron chi connectivity index (χ4n) is 1.35. The Labute approximate surface area is 106 Å². The SMILES string of the molecule is O=[N+]([O-])c1ccc(CNCCCCC(F)(F)F)s1. The van der Waals surface area contributed by atoms with Crippen LogP contribution in [0.25, 0.3) is 0 Å². The highest BCUT2D eigenvalue weighted by Gasteiger charge is 2.25. The van der Waals surface area contributed by atoms with Gasteiger partial charge in [0.25, 0.3) is 0 Å². The smallest absolute Gasteiger partial charge is 0.312 e. The Hall–Kier alpha value is -1.15. The number of unbranched alkanes of at least 4 members (excludes halogenated alkanes) is 1. The van der Waals surface area contributed by atoms with Crippen molar-refractivity contribution >= 4 is 16.3 Å². The van der Waals surface area contributed by atoms with Gasteiger partial charge >= 0.3 is 11.2 Å². The molecule has 4 nitrogen and oxygen atoms in total. The lowest BCUT2D eigenvalue weighted by Crippen LogP contribution is -2.15. The monoisotopic (exact) mass is 282 g/mol. The molecule has 1 rings (SSSR count). The van der Waals surface area contributed by atoms with E-state index in [-0.39, 0.29) is 11.4 Å². The van der Waals surface area contributed by atoms with Crippen molar-refractivity contribution in [2.75, 3.05) is 6.54 Å². The first-order chi connectivity index (χ1) is 8.38. The van der Waals surface area contributed by atoms with Crippen molar-refractivity contribution in [2.24, 2.45) is 0 Å². The van der Waals surface area contributed by atoms with E-state index in [0.717, 1.165) is 16.2 Å². The van der Waals surface area contributed by atoms with Gasteiger partial charge in [0.2, 0.25) is 0 Å². The maximum Gasteiger partial charge on any atom is 0.389 e. The van der Waals surface area contributed by atoms with Crippen molar-refractivity contribution in [3.05, 3.63) is 27.1 Å². The van der Waals surface area contributed by atoms with Crippen LogP contribution in [0, 0.1) is 10.1 Å². The van der Waals surface area contributed by atoms with Gasteiger partial charge in [0.05, 0.1) is 4.92 Å². The molecule has 0 aliphatic heterocycles. The summed E-state index contributed by atoms with van der Waals surface area (Å²) in [7, 11) is 0. The third-order valence-corrected chi connectivity index (χ3v) is 3.23. The van der Waals surface area contributed by atoms with Gasteiger partial charge in [-0.15, -0.1) is 0 Å². The topological polar surface area (TPSA) is 55.2 Å². The second-order valence-corrected chi connectivity index (χ2v) is 4.89. The van der Waals surface area contributed by atoms with E-state index in [1.807, 2.05) is 0 Å². The van der Waals surface area contributed by atoms with Gasteiger partial charge in [0.15, 0.2) is 0 Å². The highest BCUT2D eigenvalue weighted by Crippen LogP contribution is 2.24. The Kier molecular flexibility index (Phi) is 5.54. The minimum atomic E-state index is -4.09. The van der Waals surface area contributed by atoms with E-state index in [9.17, 15) is 23.3 Å². The Bertz CT molecular complexity index is 393.